The van der Waals surface area contributed by atoms with E-state index in [-0.39, 0.29) is 5.69 Å². The molecule has 0 heterocycles. The Kier molecular flexibility index (Phi) is 3.28. The Bertz CT molecular complexity index is 316. The van der Waals surface area contributed by atoms with Gasteiger partial charge >= 0.3 is 0 Å². The van der Waals surface area contributed by atoms with Crippen molar-refractivity contribution < 1.29 is 4.92 Å². The average molecular weight is 297 g/mol. The van der Waals surface area contributed by atoms with Crippen molar-refractivity contribution in [3.05, 3.63) is 37.4 Å². The van der Waals surface area contributed by atoms with Gasteiger partial charge in [-0.15, -0.1) is 11.6 Å². The van der Waals surface area contributed by atoms with E-state index in [0.717, 1.165) is 9.13 Å². The van der Waals surface area contributed by atoms with Crippen LogP contribution in [0.25, 0.3) is 0 Å². The molecule has 0 unspecified atom stereocenters. The minimum absolute atomic E-state index is 0.0950. The van der Waals surface area contributed by atoms with Crippen molar-refractivity contribution in [3.8, 4) is 0 Å². The van der Waals surface area contributed by atoms with E-state index in [1.807, 2.05) is 28.7 Å². The van der Waals surface area contributed by atoms with E-state index < -0.39 is 4.92 Å². The highest BCUT2D eigenvalue weighted by Gasteiger charge is 2.07. The maximum atomic E-state index is 10.4. The van der Waals surface area contributed by atoms with Crippen LogP contribution in [0.15, 0.2) is 18.2 Å². The van der Waals surface area contributed by atoms with Gasteiger partial charge in [-0.3, -0.25) is 10.1 Å². The van der Waals surface area contributed by atoms with Crippen LogP contribution in [0.2, 0.25) is 0 Å². The third-order valence-electron chi connectivity index (χ3n) is 1.31. The Morgan fingerprint density at radius 1 is 1.50 bits per heavy atom. The molecule has 0 amide bonds. The normalized spacial score (nSPS) is 9.83. The molecule has 1 aromatic carbocycles. The van der Waals surface area contributed by atoms with Gasteiger partial charge in [0.15, 0.2) is 0 Å². The third kappa shape index (κ3) is 2.31. The van der Waals surface area contributed by atoms with Crippen molar-refractivity contribution in [1.29, 1.82) is 0 Å². The summed E-state index contributed by atoms with van der Waals surface area (Å²) in [6.45, 7) is 0. The fourth-order valence-electron chi connectivity index (χ4n) is 0.816. The van der Waals surface area contributed by atoms with Crippen LogP contribution in [0.5, 0.6) is 0 Å². The lowest BCUT2D eigenvalue weighted by Crippen LogP contribution is -1.90. The van der Waals surface area contributed by atoms with Crippen molar-refractivity contribution in [1.82, 2.24) is 0 Å². The minimum Gasteiger partial charge on any atom is -0.258 e. The van der Waals surface area contributed by atoms with Crippen molar-refractivity contribution in [3.63, 3.8) is 0 Å². The summed E-state index contributed by atoms with van der Waals surface area (Å²) in [6, 6.07) is 4.81. The molecule has 0 aromatic heterocycles. The summed E-state index contributed by atoms with van der Waals surface area (Å²) in [5.41, 5.74) is 0.868. The Labute approximate surface area is 88.0 Å². The monoisotopic (exact) mass is 297 g/mol. The van der Waals surface area contributed by atoms with Crippen molar-refractivity contribution >= 4 is 39.9 Å². The smallest absolute Gasteiger partial charge is 0.258 e. The molecule has 1 aromatic rings. The number of nitro benzene ring substituents is 1. The summed E-state index contributed by atoms with van der Waals surface area (Å²) in [5.74, 6) is 0.303. The fourth-order valence-corrected chi connectivity index (χ4v) is 1.69. The van der Waals surface area contributed by atoms with Gasteiger partial charge in [0.25, 0.3) is 5.69 Å². The molecule has 3 nitrogen and oxygen atoms in total. The Morgan fingerprint density at radius 3 is 2.67 bits per heavy atom. The first-order valence-corrected chi connectivity index (χ1v) is 4.74. The zero-order chi connectivity index (χ0) is 9.14. The highest BCUT2D eigenvalue weighted by atomic mass is 127. The van der Waals surface area contributed by atoms with E-state index in [2.05, 4.69) is 0 Å². The number of non-ortho nitro benzene ring substituents is 1. The Hall–Kier alpha value is -0.360. The number of alkyl halides is 1. The summed E-state index contributed by atoms with van der Waals surface area (Å²) in [5, 5.41) is 10.4. The zero-order valence-corrected chi connectivity index (χ0v) is 8.87. The Balaban J connectivity index is 3.15. The highest BCUT2D eigenvalue weighted by molar-refractivity contribution is 14.1. The summed E-state index contributed by atoms with van der Waals surface area (Å²) < 4.78 is 0.831. The minimum atomic E-state index is -0.418. The standard InChI is InChI=1S/C7H5ClINO2/c8-4-5-1-6(9)3-7(2-5)10(11)12/h1-3H,4H2. The van der Waals surface area contributed by atoms with E-state index in [1.54, 1.807) is 0 Å². The zero-order valence-electron chi connectivity index (χ0n) is 5.96. The molecular formula is C7H5ClINO2. The first-order chi connectivity index (χ1) is 5.63. The first kappa shape index (κ1) is 9.73. The molecule has 0 N–H and O–H groups in total. The molecule has 0 spiro atoms. The molecule has 0 saturated carbocycles. The number of halogens is 2. The Morgan fingerprint density at radius 2 is 2.17 bits per heavy atom. The lowest BCUT2D eigenvalue weighted by Gasteiger charge is -1.96. The van der Waals surface area contributed by atoms with Crippen LogP contribution in [0.1, 0.15) is 5.56 Å². The van der Waals surface area contributed by atoms with Crippen LogP contribution >= 0.6 is 34.2 Å². The van der Waals surface area contributed by atoms with Gasteiger partial charge in [-0.05, 0) is 34.2 Å². The predicted molar refractivity (Wildman–Crippen MR) is 55.4 cm³/mol. The number of rotatable bonds is 2. The maximum absolute atomic E-state index is 10.4. The summed E-state index contributed by atoms with van der Waals surface area (Å²) in [7, 11) is 0. The second kappa shape index (κ2) is 4.04. The lowest BCUT2D eigenvalue weighted by molar-refractivity contribution is -0.385. The molecule has 0 radical (unpaired) electrons. The highest BCUT2D eigenvalue weighted by Crippen LogP contribution is 2.19. The number of benzene rings is 1. The van der Waals surface area contributed by atoms with Crippen molar-refractivity contribution in [2.75, 3.05) is 0 Å². The topological polar surface area (TPSA) is 43.1 Å². The van der Waals surface area contributed by atoms with Crippen LogP contribution < -0.4 is 0 Å². The van der Waals surface area contributed by atoms with Crippen LogP contribution in [0, 0.1) is 13.7 Å². The second-order valence-electron chi connectivity index (χ2n) is 2.21. The number of nitrogens with zero attached hydrogens (tertiary/aromatic N) is 1. The second-order valence-corrected chi connectivity index (χ2v) is 3.72. The van der Waals surface area contributed by atoms with E-state index in [0.29, 0.717) is 5.88 Å². The van der Waals surface area contributed by atoms with Crippen LogP contribution in [-0.2, 0) is 5.88 Å². The molecule has 0 atom stereocenters. The van der Waals surface area contributed by atoms with Gasteiger partial charge in [0.2, 0.25) is 0 Å². The first-order valence-electron chi connectivity index (χ1n) is 3.13. The number of hydrogen-bond donors (Lipinski definition) is 0. The molecule has 0 bridgehead atoms. The van der Waals surface area contributed by atoms with Gasteiger partial charge in [0.05, 0.1) is 4.92 Å². The van der Waals surface area contributed by atoms with E-state index in [9.17, 15) is 10.1 Å². The quantitative estimate of drug-likeness (QED) is 0.364. The fraction of sp³-hybridized carbons (Fsp3) is 0.143. The van der Waals surface area contributed by atoms with E-state index >= 15 is 0 Å². The molecule has 0 fully saturated rings. The maximum Gasteiger partial charge on any atom is 0.270 e. The summed E-state index contributed by atoms with van der Waals surface area (Å²) in [6.07, 6.45) is 0. The third-order valence-corrected chi connectivity index (χ3v) is 2.24. The molecule has 1 rings (SSSR count). The molecular weight excluding hydrogens is 292 g/mol. The van der Waals surface area contributed by atoms with Crippen molar-refractivity contribution in [2.24, 2.45) is 0 Å². The number of hydrogen-bond acceptors (Lipinski definition) is 2. The van der Waals surface area contributed by atoms with Crippen molar-refractivity contribution in [2.45, 2.75) is 5.88 Å². The largest absolute Gasteiger partial charge is 0.270 e. The summed E-state index contributed by atoms with van der Waals surface area (Å²) >= 11 is 7.57. The van der Waals surface area contributed by atoms with Gasteiger partial charge in [-0.25, -0.2) is 0 Å². The predicted octanol–water partition coefficient (Wildman–Crippen LogP) is 2.94. The molecule has 12 heavy (non-hydrogen) atoms. The van der Waals surface area contributed by atoms with Gasteiger partial charge in [0, 0.05) is 21.6 Å². The summed E-state index contributed by atoms with van der Waals surface area (Å²) in [4.78, 5) is 9.96. The van der Waals surface area contributed by atoms with Gasteiger partial charge < -0.3 is 0 Å². The van der Waals surface area contributed by atoms with Crippen LogP contribution in [0.3, 0.4) is 0 Å². The van der Waals surface area contributed by atoms with Crippen LogP contribution in [-0.4, -0.2) is 4.92 Å². The van der Waals surface area contributed by atoms with Gasteiger partial charge in [0.1, 0.15) is 0 Å². The molecule has 0 saturated heterocycles. The van der Waals surface area contributed by atoms with E-state index in [4.69, 9.17) is 11.6 Å². The molecule has 0 aliphatic carbocycles. The van der Waals surface area contributed by atoms with Gasteiger partial charge in [-0.1, -0.05) is 0 Å². The number of nitro groups is 1. The molecule has 64 valence electrons. The van der Waals surface area contributed by atoms with Gasteiger partial charge in [-0.2, -0.15) is 0 Å². The lowest BCUT2D eigenvalue weighted by atomic mass is 10.2. The molecule has 5 heteroatoms. The molecule has 0 aliphatic rings. The average Bonchev–Trinajstić information content (AvgIpc) is 2.03. The SMILES string of the molecule is O=[N+]([O-])c1cc(I)cc(CCl)c1. The van der Waals surface area contributed by atoms with Crippen LogP contribution in [0.4, 0.5) is 5.69 Å². The molecule has 0 aliphatic heterocycles. The van der Waals surface area contributed by atoms with E-state index in [1.165, 1.54) is 12.1 Å².